The van der Waals surface area contributed by atoms with Crippen LogP contribution in [0.3, 0.4) is 0 Å². The Morgan fingerprint density at radius 2 is 1.81 bits per heavy atom. The van der Waals surface area contributed by atoms with Gasteiger partial charge >= 0.3 is 0 Å². The van der Waals surface area contributed by atoms with Gasteiger partial charge in [0.15, 0.2) is 0 Å². The summed E-state index contributed by atoms with van der Waals surface area (Å²) in [7, 11) is 0. The van der Waals surface area contributed by atoms with Crippen LogP contribution in [0.4, 0.5) is 0 Å². The quantitative estimate of drug-likeness (QED) is 0.772. The van der Waals surface area contributed by atoms with Crippen LogP contribution in [0.1, 0.15) is 20.8 Å². The van der Waals surface area contributed by atoms with Gasteiger partial charge in [-0.15, -0.1) is 0 Å². The molecule has 3 nitrogen and oxygen atoms in total. The summed E-state index contributed by atoms with van der Waals surface area (Å²) in [6, 6.07) is 7.55. The average molecular weight is 234 g/mol. The van der Waals surface area contributed by atoms with Gasteiger partial charge in [0.25, 0.3) is 5.56 Å². The van der Waals surface area contributed by atoms with E-state index in [0.29, 0.717) is 5.39 Å². The van der Waals surface area contributed by atoms with Gasteiger partial charge in [0.05, 0.1) is 5.39 Å². The minimum atomic E-state index is -0.131. The second kappa shape index (κ2) is 3.94. The van der Waals surface area contributed by atoms with E-state index in [1.165, 1.54) is 0 Å². The highest BCUT2D eigenvalue weighted by molar-refractivity contribution is 8.00. The number of fused-ring (bicyclic) bond motifs is 1. The summed E-state index contributed by atoms with van der Waals surface area (Å²) >= 11 is 1.66. The molecule has 1 aromatic heterocycles. The predicted octanol–water partition coefficient (Wildman–Crippen LogP) is 2.81. The van der Waals surface area contributed by atoms with Gasteiger partial charge in [-0.05, 0) is 6.07 Å². The molecule has 0 aliphatic rings. The second-order valence-electron chi connectivity index (χ2n) is 4.62. The normalized spacial score (nSPS) is 11.9. The fourth-order valence-corrected chi connectivity index (χ4v) is 2.42. The number of hydrogen-bond acceptors (Lipinski definition) is 3. The summed E-state index contributed by atoms with van der Waals surface area (Å²) in [6.07, 6.45) is 0. The predicted molar refractivity (Wildman–Crippen MR) is 68.0 cm³/mol. The summed E-state index contributed by atoms with van der Waals surface area (Å²) in [4.78, 5) is 11.6. The van der Waals surface area contributed by atoms with Crippen LogP contribution in [0.5, 0.6) is 0 Å². The van der Waals surface area contributed by atoms with E-state index in [9.17, 15) is 4.79 Å². The van der Waals surface area contributed by atoms with Crippen LogP contribution in [0.2, 0.25) is 0 Å². The fraction of sp³-hybridized carbons (Fsp3) is 0.333. The first-order chi connectivity index (χ1) is 7.47. The minimum absolute atomic E-state index is 0.0774. The van der Waals surface area contributed by atoms with Gasteiger partial charge in [-0.2, -0.15) is 5.10 Å². The van der Waals surface area contributed by atoms with Crippen molar-refractivity contribution in [1.29, 1.82) is 0 Å². The van der Waals surface area contributed by atoms with Crippen LogP contribution in [0.25, 0.3) is 10.8 Å². The topological polar surface area (TPSA) is 45.8 Å². The Morgan fingerprint density at radius 3 is 2.44 bits per heavy atom. The van der Waals surface area contributed by atoms with Crippen LogP contribution >= 0.6 is 11.8 Å². The first-order valence-electron chi connectivity index (χ1n) is 5.14. The molecule has 1 aromatic carbocycles. The van der Waals surface area contributed by atoms with E-state index in [1.54, 1.807) is 11.8 Å². The van der Waals surface area contributed by atoms with Crippen molar-refractivity contribution in [3.63, 3.8) is 0 Å². The zero-order valence-corrected chi connectivity index (χ0v) is 10.4. The maximum atomic E-state index is 11.6. The molecular formula is C12H14N2OS. The third-order valence-electron chi connectivity index (χ3n) is 2.06. The van der Waals surface area contributed by atoms with Crippen molar-refractivity contribution in [2.75, 3.05) is 0 Å². The highest BCUT2D eigenvalue weighted by atomic mass is 32.2. The Kier molecular flexibility index (Phi) is 2.76. The minimum Gasteiger partial charge on any atom is -0.267 e. The van der Waals surface area contributed by atoms with E-state index in [-0.39, 0.29) is 10.3 Å². The maximum Gasteiger partial charge on any atom is 0.272 e. The monoisotopic (exact) mass is 234 g/mol. The lowest BCUT2D eigenvalue weighted by atomic mass is 10.2. The Hall–Kier alpha value is -1.29. The van der Waals surface area contributed by atoms with Crippen LogP contribution in [-0.2, 0) is 0 Å². The molecule has 0 spiro atoms. The summed E-state index contributed by atoms with van der Waals surface area (Å²) in [6.45, 7) is 6.37. The number of H-pyrrole nitrogens is 1. The number of nitrogens with one attached hydrogen (secondary N) is 1. The molecule has 0 unspecified atom stereocenters. The highest BCUT2D eigenvalue weighted by Gasteiger charge is 2.16. The Labute approximate surface area is 98.3 Å². The lowest BCUT2D eigenvalue weighted by Crippen LogP contribution is -2.12. The number of nitrogens with zero attached hydrogens (tertiary/aromatic N) is 1. The SMILES string of the molecule is CC(C)(C)Sc1n[nH]c(=O)c2ccccc12. The molecule has 1 N–H and O–H groups in total. The Bertz CT molecular complexity index is 569. The molecule has 0 amide bonds. The van der Waals surface area contributed by atoms with Crippen molar-refractivity contribution >= 4 is 22.5 Å². The summed E-state index contributed by atoms with van der Waals surface area (Å²) in [5, 5.41) is 9.15. The Balaban J connectivity index is 2.64. The number of benzene rings is 1. The van der Waals surface area contributed by atoms with Crippen LogP contribution in [0, 0.1) is 0 Å². The molecule has 0 aliphatic heterocycles. The number of hydrogen-bond donors (Lipinski definition) is 1. The lowest BCUT2D eigenvalue weighted by molar-refractivity contribution is 0.795. The van der Waals surface area contributed by atoms with Gasteiger partial charge in [-0.25, -0.2) is 5.10 Å². The zero-order chi connectivity index (χ0) is 11.8. The summed E-state index contributed by atoms with van der Waals surface area (Å²) < 4.78 is 0.0774. The largest absolute Gasteiger partial charge is 0.272 e. The van der Waals surface area contributed by atoms with Gasteiger partial charge in [0, 0.05) is 10.1 Å². The standard InChI is InChI=1S/C12H14N2OS/c1-12(2,3)16-11-9-7-5-4-6-8(9)10(15)13-14-11/h4-7H,1-3H3,(H,13,15). The molecule has 0 aliphatic carbocycles. The van der Waals surface area contributed by atoms with Gasteiger partial charge in [-0.1, -0.05) is 50.7 Å². The fourth-order valence-electron chi connectivity index (χ4n) is 1.46. The van der Waals surface area contributed by atoms with E-state index in [1.807, 2.05) is 24.3 Å². The first-order valence-corrected chi connectivity index (χ1v) is 5.95. The van der Waals surface area contributed by atoms with E-state index >= 15 is 0 Å². The van der Waals surface area contributed by atoms with Crippen molar-refractivity contribution < 1.29 is 0 Å². The maximum absolute atomic E-state index is 11.6. The van der Waals surface area contributed by atoms with Crippen molar-refractivity contribution in [1.82, 2.24) is 10.2 Å². The molecule has 2 rings (SSSR count). The van der Waals surface area contributed by atoms with E-state index < -0.39 is 0 Å². The molecule has 1 heterocycles. The number of aromatic nitrogens is 2. The smallest absolute Gasteiger partial charge is 0.267 e. The van der Waals surface area contributed by atoms with Crippen molar-refractivity contribution in [2.24, 2.45) is 0 Å². The molecule has 84 valence electrons. The number of rotatable bonds is 1. The molecule has 0 bridgehead atoms. The summed E-state index contributed by atoms with van der Waals surface area (Å²) in [5.74, 6) is 0. The van der Waals surface area contributed by atoms with Gasteiger partial charge in [0.1, 0.15) is 5.03 Å². The van der Waals surface area contributed by atoms with E-state index in [2.05, 4.69) is 31.0 Å². The first kappa shape index (κ1) is 11.2. The third kappa shape index (κ3) is 2.27. The van der Waals surface area contributed by atoms with Crippen molar-refractivity contribution in [3.05, 3.63) is 34.6 Å². The highest BCUT2D eigenvalue weighted by Crippen LogP contribution is 2.33. The van der Waals surface area contributed by atoms with Gasteiger partial charge < -0.3 is 0 Å². The molecule has 0 fully saturated rings. The van der Waals surface area contributed by atoms with Crippen molar-refractivity contribution in [3.8, 4) is 0 Å². The molecule has 0 saturated carbocycles. The molecule has 0 saturated heterocycles. The Morgan fingerprint density at radius 1 is 1.19 bits per heavy atom. The zero-order valence-electron chi connectivity index (χ0n) is 9.57. The molecule has 16 heavy (non-hydrogen) atoms. The third-order valence-corrected chi connectivity index (χ3v) is 3.18. The van der Waals surface area contributed by atoms with E-state index in [0.717, 1.165) is 10.4 Å². The van der Waals surface area contributed by atoms with Crippen molar-refractivity contribution in [2.45, 2.75) is 30.5 Å². The molecule has 2 aromatic rings. The molecule has 4 heteroatoms. The van der Waals surface area contributed by atoms with Gasteiger partial charge in [0.2, 0.25) is 0 Å². The summed E-state index contributed by atoms with van der Waals surface area (Å²) in [5.41, 5.74) is -0.131. The van der Waals surface area contributed by atoms with Crippen LogP contribution in [-0.4, -0.2) is 14.9 Å². The molecule has 0 radical (unpaired) electrons. The van der Waals surface area contributed by atoms with Gasteiger partial charge in [-0.3, -0.25) is 4.79 Å². The van der Waals surface area contributed by atoms with Crippen LogP contribution < -0.4 is 5.56 Å². The van der Waals surface area contributed by atoms with E-state index in [4.69, 9.17) is 0 Å². The lowest BCUT2D eigenvalue weighted by Gasteiger charge is -2.17. The second-order valence-corrected chi connectivity index (χ2v) is 6.43. The van der Waals surface area contributed by atoms with Crippen LogP contribution in [0.15, 0.2) is 34.1 Å². The average Bonchev–Trinajstić information content (AvgIpc) is 2.21. The number of thioether (sulfide) groups is 1. The number of aromatic amines is 1. The molecular weight excluding hydrogens is 220 g/mol. The molecule has 0 atom stereocenters.